The Morgan fingerprint density at radius 2 is 1.24 bits per heavy atom. The fourth-order valence-electron chi connectivity index (χ4n) is 3.43. The maximum Gasteiger partial charge on any atom is 0.121 e. The van der Waals surface area contributed by atoms with Gasteiger partial charge in [0.1, 0.15) is 11.0 Å². The molecule has 0 aliphatic carbocycles. The Morgan fingerprint density at radius 3 is 1.80 bits per heavy atom. The molecule has 0 spiro atoms. The molecule has 4 heteroatoms. The predicted molar refractivity (Wildman–Crippen MR) is 103 cm³/mol. The van der Waals surface area contributed by atoms with Gasteiger partial charge in [0.25, 0.3) is 0 Å². The SMILES string of the molecule is Clc1cccc(Cn2nc3c4ccccc4c4ccccc4c3n2)c1. The zero-order valence-electron chi connectivity index (χ0n) is 13.4. The smallest absolute Gasteiger partial charge is 0.121 e. The molecule has 5 rings (SSSR count). The van der Waals surface area contributed by atoms with Crippen molar-refractivity contribution in [1.29, 1.82) is 0 Å². The van der Waals surface area contributed by atoms with E-state index in [1.807, 2.05) is 36.4 Å². The molecule has 0 fully saturated rings. The summed E-state index contributed by atoms with van der Waals surface area (Å²) in [4.78, 5) is 1.76. The molecule has 25 heavy (non-hydrogen) atoms. The van der Waals surface area contributed by atoms with Crippen molar-refractivity contribution in [2.24, 2.45) is 0 Å². The monoisotopic (exact) mass is 343 g/mol. The summed E-state index contributed by atoms with van der Waals surface area (Å²) < 4.78 is 0. The zero-order chi connectivity index (χ0) is 16.8. The number of aromatic nitrogens is 3. The number of rotatable bonds is 2. The van der Waals surface area contributed by atoms with Gasteiger partial charge in [-0.1, -0.05) is 72.3 Å². The van der Waals surface area contributed by atoms with Crippen LogP contribution < -0.4 is 0 Å². The van der Waals surface area contributed by atoms with Crippen LogP contribution in [0.25, 0.3) is 32.6 Å². The summed E-state index contributed by atoms with van der Waals surface area (Å²) in [6.07, 6.45) is 0. The number of hydrogen-bond acceptors (Lipinski definition) is 2. The largest absolute Gasteiger partial charge is 0.179 e. The van der Waals surface area contributed by atoms with Crippen LogP contribution in [-0.4, -0.2) is 15.0 Å². The van der Waals surface area contributed by atoms with Crippen molar-refractivity contribution in [2.45, 2.75) is 6.54 Å². The van der Waals surface area contributed by atoms with Gasteiger partial charge in [-0.25, -0.2) is 0 Å². The Balaban J connectivity index is 1.79. The standard InChI is InChI=1S/C21H14ClN3/c22-15-7-5-6-14(12-15)13-25-23-20-18-10-3-1-8-16(18)17-9-2-4-11-19(17)21(20)24-25/h1-12H,13H2. The topological polar surface area (TPSA) is 30.7 Å². The third-order valence-electron chi connectivity index (χ3n) is 4.52. The van der Waals surface area contributed by atoms with E-state index in [-0.39, 0.29) is 0 Å². The molecule has 0 aliphatic heterocycles. The van der Waals surface area contributed by atoms with Crippen molar-refractivity contribution >= 4 is 44.2 Å². The maximum atomic E-state index is 6.10. The van der Waals surface area contributed by atoms with E-state index in [0.717, 1.165) is 32.4 Å². The summed E-state index contributed by atoms with van der Waals surface area (Å²) in [5, 5.41) is 15.0. The third kappa shape index (κ3) is 2.36. The van der Waals surface area contributed by atoms with Crippen LogP contribution in [0.1, 0.15) is 5.56 Å². The van der Waals surface area contributed by atoms with Crippen molar-refractivity contribution < 1.29 is 0 Å². The van der Waals surface area contributed by atoms with Gasteiger partial charge in [0.05, 0.1) is 6.54 Å². The molecule has 0 aliphatic rings. The van der Waals surface area contributed by atoms with Crippen molar-refractivity contribution in [3.05, 3.63) is 83.4 Å². The lowest BCUT2D eigenvalue weighted by Crippen LogP contribution is -2.03. The molecule has 0 saturated carbocycles. The average molecular weight is 344 g/mol. The number of hydrogen-bond donors (Lipinski definition) is 0. The van der Waals surface area contributed by atoms with Crippen LogP contribution in [0.15, 0.2) is 72.8 Å². The van der Waals surface area contributed by atoms with Crippen molar-refractivity contribution in [3.63, 3.8) is 0 Å². The highest BCUT2D eigenvalue weighted by atomic mass is 35.5. The fourth-order valence-corrected chi connectivity index (χ4v) is 3.64. The van der Waals surface area contributed by atoms with Gasteiger partial charge in [0.15, 0.2) is 0 Å². The minimum Gasteiger partial charge on any atom is -0.179 e. The molecule has 0 N–H and O–H groups in total. The van der Waals surface area contributed by atoms with Gasteiger partial charge in [0.2, 0.25) is 0 Å². The molecule has 0 atom stereocenters. The van der Waals surface area contributed by atoms with Gasteiger partial charge >= 0.3 is 0 Å². The summed E-state index contributed by atoms with van der Waals surface area (Å²) in [5.74, 6) is 0. The van der Waals surface area contributed by atoms with E-state index in [0.29, 0.717) is 6.54 Å². The summed E-state index contributed by atoms with van der Waals surface area (Å²) in [5.41, 5.74) is 2.97. The maximum absolute atomic E-state index is 6.10. The summed E-state index contributed by atoms with van der Waals surface area (Å²) in [6.45, 7) is 0.595. The molecule has 0 amide bonds. The molecule has 120 valence electrons. The molecule has 0 saturated heterocycles. The molecule has 1 aromatic heterocycles. The van der Waals surface area contributed by atoms with Crippen molar-refractivity contribution in [2.75, 3.05) is 0 Å². The second-order valence-electron chi connectivity index (χ2n) is 6.15. The van der Waals surface area contributed by atoms with Gasteiger partial charge in [-0.2, -0.15) is 15.0 Å². The predicted octanol–water partition coefficient (Wildman–Crippen LogP) is 5.44. The Morgan fingerprint density at radius 1 is 0.680 bits per heavy atom. The second kappa shape index (κ2) is 5.57. The minimum absolute atomic E-state index is 0.595. The number of halogens is 1. The molecule has 5 aromatic rings. The second-order valence-corrected chi connectivity index (χ2v) is 6.59. The Kier molecular flexibility index (Phi) is 3.22. The van der Waals surface area contributed by atoms with Crippen LogP contribution in [0.3, 0.4) is 0 Å². The summed E-state index contributed by atoms with van der Waals surface area (Å²) in [6, 6.07) is 24.6. The van der Waals surface area contributed by atoms with Gasteiger partial charge in [0, 0.05) is 15.8 Å². The van der Waals surface area contributed by atoms with E-state index in [1.54, 1.807) is 4.80 Å². The lowest BCUT2D eigenvalue weighted by molar-refractivity contribution is 0.601. The van der Waals surface area contributed by atoms with Crippen molar-refractivity contribution in [1.82, 2.24) is 15.0 Å². The van der Waals surface area contributed by atoms with E-state index in [4.69, 9.17) is 21.8 Å². The first kappa shape index (κ1) is 14.4. The summed E-state index contributed by atoms with van der Waals surface area (Å²) >= 11 is 6.10. The van der Waals surface area contributed by atoms with E-state index in [2.05, 4.69) is 36.4 Å². The van der Waals surface area contributed by atoms with Crippen LogP contribution in [0.2, 0.25) is 5.02 Å². The first-order valence-electron chi connectivity index (χ1n) is 8.18. The highest BCUT2D eigenvalue weighted by Gasteiger charge is 2.13. The third-order valence-corrected chi connectivity index (χ3v) is 4.76. The molecule has 1 heterocycles. The molecule has 0 unspecified atom stereocenters. The Labute approximate surface area is 149 Å². The minimum atomic E-state index is 0.595. The quantitative estimate of drug-likeness (QED) is 0.399. The van der Waals surface area contributed by atoms with Crippen LogP contribution in [-0.2, 0) is 6.54 Å². The van der Waals surface area contributed by atoms with Crippen LogP contribution in [0, 0.1) is 0 Å². The van der Waals surface area contributed by atoms with Gasteiger partial charge in [-0.05, 0) is 28.5 Å². The normalized spacial score (nSPS) is 11.6. The number of nitrogens with zero attached hydrogens (tertiary/aromatic N) is 3. The van der Waals surface area contributed by atoms with Crippen LogP contribution in [0.5, 0.6) is 0 Å². The number of fused-ring (bicyclic) bond motifs is 6. The number of benzene rings is 4. The molecule has 0 radical (unpaired) electrons. The zero-order valence-corrected chi connectivity index (χ0v) is 14.1. The molecular formula is C21H14ClN3. The van der Waals surface area contributed by atoms with Crippen LogP contribution >= 0.6 is 11.6 Å². The highest BCUT2D eigenvalue weighted by Crippen LogP contribution is 2.32. The van der Waals surface area contributed by atoms with E-state index >= 15 is 0 Å². The first-order chi connectivity index (χ1) is 12.3. The van der Waals surface area contributed by atoms with E-state index in [9.17, 15) is 0 Å². The highest BCUT2D eigenvalue weighted by molar-refractivity contribution is 6.30. The Bertz CT molecular complexity index is 1170. The lowest BCUT2D eigenvalue weighted by Gasteiger charge is -2.04. The molecule has 0 bridgehead atoms. The first-order valence-corrected chi connectivity index (χ1v) is 8.56. The van der Waals surface area contributed by atoms with Crippen LogP contribution in [0.4, 0.5) is 0 Å². The molecule has 3 nitrogen and oxygen atoms in total. The van der Waals surface area contributed by atoms with Gasteiger partial charge < -0.3 is 0 Å². The Hall–Kier alpha value is -2.91. The van der Waals surface area contributed by atoms with Gasteiger partial charge in [-0.3, -0.25) is 0 Å². The molecular weight excluding hydrogens is 330 g/mol. The fraction of sp³-hybridized carbons (Fsp3) is 0.0476. The molecule has 4 aromatic carbocycles. The lowest BCUT2D eigenvalue weighted by atomic mass is 10.0. The van der Waals surface area contributed by atoms with Crippen molar-refractivity contribution in [3.8, 4) is 0 Å². The average Bonchev–Trinajstić information content (AvgIpc) is 3.06. The summed E-state index contributed by atoms with van der Waals surface area (Å²) in [7, 11) is 0. The van der Waals surface area contributed by atoms with Gasteiger partial charge in [-0.15, -0.1) is 0 Å². The van der Waals surface area contributed by atoms with E-state index in [1.165, 1.54) is 10.8 Å². The van der Waals surface area contributed by atoms with E-state index < -0.39 is 0 Å².